The van der Waals surface area contributed by atoms with Crippen LogP contribution in [0.1, 0.15) is 60.6 Å². The highest BCUT2D eigenvalue weighted by molar-refractivity contribution is 6.08. The van der Waals surface area contributed by atoms with Crippen LogP contribution >= 0.6 is 0 Å². The molecule has 0 saturated heterocycles. The number of ketones is 1. The molecular weight excluding hydrogens is 521 g/mol. The molecule has 0 saturated carbocycles. The number of hydrogen-bond acceptors (Lipinski definition) is 4. The van der Waals surface area contributed by atoms with Gasteiger partial charge in [-0.1, -0.05) is 74.5 Å². The van der Waals surface area contributed by atoms with E-state index in [9.17, 15) is 24.2 Å². The second kappa shape index (κ2) is 13.5. The molecule has 3 N–H and O–H groups in total. The predicted octanol–water partition coefficient (Wildman–Crippen LogP) is 6.49. The van der Waals surface area contributed by atoms with Crippen molar-refractivity contribution < 1.29 is 29.3 Å². The predicted molar refractivity (Wildman–Crippen MR) is 157 cm³/mol. The summed E-state index contributed by atoms with van der Waals surface area (Å²) in [5.41, 5.74) is 5.37. The van der Waals surface area contributed by atoms with Crippen LogP contribution in [0.2, 0.25) is 0 Å². The molecule has 0 amide bonds. The van der Waals surface area contributed by atoms with Crippen molar-refractivity contribution in [3.63, 3.8) is 0 Å². The second-order valence-electron chi connectivity index (χ2n) is 10.7. The maximum Gasteiger partial charge on any atom is 0.305 e. The monoisotopic (exact) mass is 557 g/mol. The molecule has 214 valence electrons. The van der Waals surface area contributed by atoms with E-state index in [0.717, 1.165) is 33.6 Å². The van der Waals surface area contributed by atoms with Crippen molar-refractivity contribution in [3.05, 3.63) is 108 Å². The number of carboxylic acids is 1. The maximum atomic E-state index is 14.2. The Balaban J connectivity index is 1.89. The molecule has 4 aromatic rings. The highest BCUT2D eigenvalue weighted by Crippen LogP contribution is 2.43. The van der Waals surface area contributed by atoms with Gasteiger partial charge in [-0.05, 0) is 59.7 Å². The van der Waals surface area contributed by atoms with E-state index in [0.29, 0.717) is 12.1 Å². The van der Waals surface area contributed by atoms with Crippen LogP contribution in [0.3, 0.4) is 0 Å². The van der Waals surface area contributed by atoms with Gasteiger partial charge in [0, 0.05) is 29.8 Å². The van der Waals surface area contributed by atoms with Gasteiger partial charge in [0.1, 0.15) is 5.82 Å². The number of nitrogens with zero attached hydrogens (tertiary/aromatic N) is 1. The van der Waals surface area contributed by atoms with E-state index in [4.69, 9.17) is 5.11 Å². The van der Waals surface area contributed by atoms with Crippen LogP contribution in [0.5, 0.6) is 0 Å². The Bertz CT molecular complexity index is 1460. The third-order valence-electron chi connectivity index (χ3n) is 7.16. The summed E-state index contributed by atoms with van der Waals surface area (Å²) < 4.78 is 16.0. The van der Waals surface area contributed by atoms with Gasteiger partial charge in [0.2, 0.25) is 0 Å². The van der Waals surface area contributed by atoms with Crippen molar-refractivity contribution in [2.75, 3.05) is 0 Å². The number of halogens is 1. The fourth-order valence-electron chi connectivity index (χ4n) is 5.41. The number of carboxylic acid groups (broad SMARTS) is 1. The van der Waals surface area contributed by atoms with Crippen LogP contribution in [0.4, 0.5) is 4.39 Å². The third kappa shape index (κ3) is 7.37. The van der Waals surface area contributed by atoms with Gasteiger partial charge in [-0.3, -0.25) is 9.59 Å². The van der Waals surface area contributed by atoms with Gasteiger partial charge in [0.25, 0.3) is 0 Å². The normalized spacial score (nSPS) is 12.8. The number of rotatable bonds is 13. The Morgan fingerprint density at radius 1 is 0.829 bits per heavy atom. The molecular formula is C34H36FNO5. The van der Waals surface area contributed by atoms with Crippen LogP contribution in [0, 0.1) is 5.82 Å². The van der Waals surface area contributed by atoms with Crippen LogP contribution in [-0.2, 0) is 17.8 Å². The Hall–Kier alpha value is -4.07. The standard InChI is InChI=1S/C34H36FNO5/c1-22(2)33-32(29(39)19-23-9-5-3-6-10-23)31(24-11-7-4-8-12-24)34(25-13-15-26(35)16-14-25)36(33)18-17-27(37)20-28(38)21-30(40)41/h3-16,22,27-28,37-38H,17-21H2,1-2H3,(H,40,41)/t27-,28-/m0/s1. The summed E-state index contributed by atoms with van der Waals surface area (Å²) >= 11 is 0. The first-order valence-electron chi connectivity index (χ1n) is 13.9. The molecule has 0 aliphatic carbocycles. The van der Waals surface area contributed by atoms with Crippen molar-refractivity contribution in [2.45, 2.75) is 64.2 Å². The van der Waals surface area contributed by atoms with E-state index in [1.165, 1.54) is 12.1 Å². The topological polar surface area (TPSA) is 99.8 Å². The summed E-state index contributed by atoms with van der Waals surface area (Å²) in [4.78, 5) is 25.1. The van der Waals surface area contributed by atoms with E-state index in [-0.39, 0.29) is 36.8 Å². The molecule has 0 unspecified atom stereocenters. The first-order valence-corrected chi connectivity index (χ1v) is 13.9. The molecule has 41 heavy (non-hydrogen) atoms. The molecule has 7 heteroatoms. The molecule has 1 aromatic heterocycles. The minimum absolute atomic E-state index is 0.0432. The van der Waals surface area contributed by atoms with Crippen molar-refractivity contribution in [1.29, 1.82) is 0 Å². The van der Waals surface area contributed by atoms with Gasteiger partial charge in [-0.25, -0.2) is 4.39 Å². The molecule has 0 fully saturated rings. The Labute approximate surface area is 239 Å². The maximum absolute atomic E-state index is 14.2. The number of benzene rings is 3. The quantitative estimate of drug-likeness (QED) is 0.163. The van der Waals surface area contributed by atoms with Crippen molar-refractivity contribution in [1.82, 2.24) is 4.57 Å². The van der Waals surface area contributed by atoms with Crippen LogP contribution in [0.25, 0.3) is 22.4 Å². The number of Topliss-reactive ketones (excluding diaryl/α,β-unsaturated/α-hetero) is 1. The highest BCUT2D eigenvalue weighted by Gasteiger charge is 2.30. The summed E-state index contributed by atoms with van der Waals surface area (Å²) in [5.74, 6) is -1.63. The Morgan fingerprint density at radius 2 is 1.44 bits per heavy atom. The SMILES string of the molecule is CC(C)c1c(C(=O)Cc2ccccc2)c(-c2ccccc2)c(-c2ccc(F)cc2)n1CC[C@H](O)C[C@H](O)CC(=O)O. The van der Waals surface area contributed by atoms with Crippen LogP contribution < -0.4 is 0 Å². The smallest absolute Gasteiger partial charge is 0.305 e. The van der Waals surface area contributed by atoms with Gasteiger partial charge >= 0.3 is 5.97 Å². The molecule has 0 bridgehead atoms. The molecule has 2 atom stereocenters. The third-order valence-corrected chi connectivity index (χ3v) is 7.16. The van der Waals surface area contributed by atoms with Gasteiger partial charge in [-0.15, -0.1) is 0 Å². The zero-order chi connectivity index (χ0) is 29.5. The number of aliphatic hydroxyl groups is 2. The van der Waals surface area contributed by atoms with Gasteiger partial charge in [-0.2, -0.15) is 0 Å². The minimum atomic E-state index is -1.17. The van der Waals surface area contributed by atoms with Gasteiger partial charge in [0.15, 0.2) is 5.78 Å². The Kier molecular flexibility index (Phi) is 9.86. The lowest BCUT2D eigenvalue weighted by Gasteiger charge is -2.20. The second-order valence-corrected chi connectivity index (χ2v) is 10.7. The molecule has 0 aliphatic rings. The fourth-order valence-corrected chi connectivity index (χ4v) is 5.41. The molecule has 4 rings (SSSR count). The first kappa shape index (κ1) is 29.9. The average Bonchev–Trinajstić information content (AvgIpc) is 3.28. The van der Waals surface area contributed by atoms with Crippen LogP contribution in [0.15, 0.2) is 84.9 Å². The van der Waals surface area contributed by atoms with Crippen molar-refractivity contribution in [2.24, 2.45) is 0 Å². The first-order chi connectivity index (χ1) is 19.7. The summed E-state index contributed by atoms with van der Waals surface area (Å²) in [7, 11) is 0. The number of carbonyl (C=O) groups is 2. The number of aromatic nitrogens is 1. The minimum Gasteiger partial charge on any atom is -0.481 e. The van der Waals surface area contributed by atoms with Gasteiger partial charge < -0.3 is 19.9 Å². The van der Waals surface area contributed by atoms with Crippen molar-refractivity contribution >= 4 is 11.8 Å². The van der Waals surface area contributed by atoms with Crippen molar-refractivity contribution in [3.8, 4) is 22.4 Å². The zero-order valence-corrected chi connectivity index (χ0v) is 23.3. The molecule has 0 spiro atoms. The molecule has 6 nitrogen and oxygen atoms in total. The summed E-state index contributed by atoms with van der Waals surface area (Å²) in [5, 5.41) is 29.8. The molecule has 1 heterocycles. The Morgan fingerprint density at radius 3 is 2.02 bits per heavy atom. The molecule has 0 aliphatic heterocycles. The zero-order valence-electron chi connectivity index (χ0n) is 23.3. The molecule has 3 aromatic carbocycles. The van der Waals surface area contributed by atoms with E-state index in [1.54, 1.807) is 12.1 Å². The fraction of sp³-hybridized carbons (Fsp3) is 0.294. The van der Waals surface area contributed by atoms with E-state index >= 15 is 0 Å². The summed E-state index contributed by atoms with van der Waals surface area (Å²) in [6, 6.07) is 25.3. The highest BCUT2D eigenvalue weighted by atomic mass is 19.1. The van der Waals surface area contributed by atoms with E-state index < -0.39 is 24.6 Å². The number of hydrogen-bond donors (Lipinski definition) is 3. The largest absolute Gasteiger partial charge is 0.481 e. The number of carbonyl (C=O) groups excluding carboxylic acids is 1. The van der Waals surface area contributed by atoms with Crippen LogP contribution in [-0.4, -0.2) is 43.8 Å². The average molecular weight is 558 g/mol. The number of aliphatic hydroxyl groups excluding tert-OH is 2. The summed E-state index contributed by atoms with van der Waals surface area (Å²) in [6.45, 7) is 4.34. The lowest BCUT2D eigenvalue weighted by molar-refractivity contribution is -0.139. The number of aliphatic carboxylic acids is 1. The van der Waals surface area contributed by atoms with Gasteiger partial charge in [0.05, 0.1) is 24.3 Å². The lowest BCUT2D eigenvalue weighted by atomic mass is 9.90. The lowest BCUT2D eigenvalue weighted by Crippen LogP contribution is -2.22. The summed E-state index contributed by atoms with van der Waals surface area (Å²) in [6.07, 6.45) is -2.24. The van der Waals surface area contributed by atoms with E-state index in [1.807, 2.05) is 79.1 Å². The van der Waals surface area contributed by atoms with E-state index in [2.05, 4.69) is 0 Å². The molecule has 0 radical (unpaired) electrons.